The lowest BCUT2D eigenvalue weighted by Gasteiger charge is -2.08. The molecular weight excluding hydrogens is 344 g/mol. The Balaban J connectivity index is 1.69. The van der Waals surface area contributed by atoms with Crippen molar-refractivity contribution >= 4 is 33.5 Å². The predicted molar refractivity (Wildman–Crippen MR) is 110 cm³/mol. The average molecular weight is 366 g/mol. The normalized spacial score (nSPS) is 13.1. The molecule has 0 saturated heterocycles. The zero-order valence-electron chi connectivity index (χ0n) is 14.9. The monoisotopic (exact) mass is 366 g/mol. The maximum Gasteiger partial charge on any atom is 0.258 e. The van der Waals surface area contributed by atoms with E-state index < -0.39 is 0 Å². The van der Waals surface area contributed by atoms with Gasteiger partial charge in [0.2, 0.25) is 0 Å². The third-order valence-electron chi connectivity index (χ3n) is 4.33. The molecule has 1 heterocycles. The maximum absolute atomic E-state index is 12.1. The van der Waals surface area contributed by atoms with Crippen LogP contribution in [0.5, 0.6) is 0 Å². The summed E-state index contributed by atoms with van der Waals surface area (Å²) in [5.41, 5.74) is 8.69. The van der Waals surface area contributed by atoms with Gasteiger partial charge in [0.15, 0.2) is 5.17 Å². The number of rotatable bonds is 5. The molecule has 3 rings (SSSR count). The Morgan fingerprint density at radius 3 is 2.69 bits per heavy atom. The van der Waals surface area contributed by atoms with Crippen molar-refractivity contribution in [2.24, 2.45) is 10.7 Å². The average Bonchev–Trinajstić information content (AvgIpc) is 2.66. The van der Waals surface area contributed by atoms with Crippen LogP contribution in [0.1, 0.15) is 37.6 Å². The maximum atomic E-state index is 12.1. The lowest BCUT2D eigenvalue weighted by Crippen LogP contribution is -2.13. The van der Waals surface area contributed by atoms with E-state index in [0.717, 1.165) is 12.1 Å². The molecule has 1 aromatic heterocycles. The van der Waals surface area contributed by atoms with E-state index in [9.17, 15) is 4.79 Å². The van der Waals surface area contributed by atoms with Crippen LogP contribution in [0.3, 0.4) is 0 Å². The fraction of sp³-hybridized carbons (Fsp3) is 0.250. The van der Waals surface area contributed by atoms with E-state index in [1.165, 1.54) is 17.3 Å². The van der Waals surface area contributed by atoms with Crippen LogP contribution in [0.2, 0.25) is 0 Å². The first kappa shape index (κ1) is 18.2. The van der Waals surface area contributed by atoms with Crippen molar-refractivity contribution in [2.75, 3.05) is 0 Å². The number of thioether (sulfide) groups is 1. The number of amidine groups is 1. The van der Waals surface area contributed by atoms with E-state index in [1.807, 2.05) is 30.3 Å². The first-order chi connectivity index (χ1) is 12.6. The smallest absolute Gasteiger partial charge is 0.258 e. The minimum absolute atomic E-state index is 0.137. The summed E-state index contributed by atoms with van der Waals surface area (Å²) in [5, 5.41) is 1.03. The summed E-state index contributed by atoms with van der Waals surface area (Å²) in [6.45, 7) is 4.39. The van der Waals surface area contributed by atoms with Crippen LogP contribution in [0.25, 0.3) is 10.9 Å². The molecule has 0 aliphatic carbocycles. The van der Waals surface area contributed by atoms with E-state index >= 15 is 0 Å². The van der Waals surface area contributed by atoms with Gasteiger partial charge in [-0.3, -0.25) is 4.79 Å². The zero-order valence-corrected chi connectivity index (χ0v) is 15.7. The molecule has 6 heteroatoms. The van der Waals surface area contributed by atoms with E-state index in [1.54, 1.807) is 6.07 Å². The third-order valence-corrected chi connectivity index (χ3v) is 5.14. The Bertz CT molecular complexity index is 979. The number of para-hydroxylation sites is 1. The number of aromatic amines is 1. The highest BCUT2D eigenvalue weighted by molar-refractivity contribution is 8.13. The van der Waals surface area contributed by atoms with Gasteiger partial charge in [0, 0.05) is 0 Å². The quantitative estimate of drug-likeness (QED) is 0.520. The fourth-order valence-electron chi connectivity index (χ4n) is 2.62. The molecule has 0 aliphatic heterocycles. The van der Waals surface area contributed by atoms with Crippen LogP contribution in [0.15, 0.2) is 58.3 Å². The number of hydrogen-bond donors (Lipinski definition) is 2. The second kappa shape index (κ2) is 8.19. The topological polar surface area (TPSA) is 84.1 Å². The predicted octanol–water partition coefficient (Wildman–Crippen LogP) is 4.32. The number of aliphatic imine (C=N–C) groups is 1. The highest BCUT2D eigenvalue weighted by Crippen LogP contribution is 2.22. The molecule has 134 valence electrons. The lowest BCUT2D eigenvalue weighted by atomic mass is 9.99. The number of benzene rings is 2. The number of nitrogens with two attached hydrogens (primary N) is 1. The highest BCUT2D eigenvalue weighted by atomic mass is 32.2. The van der Waals surface area contributed by atoms with Crippen molar-refractivity contribution in [1.82, 2.24) is 9.97 Å². The van der Waals surface area contributed by atoms with Crippen LogP contribution >= 0.6 is 11.8 Å². The molecule has 0 bridgehead atoms. The van der Waals surface area contributed by atoms with Crippen molar-refractivity contribution in [1.29, 1.82) is 0 Å². The molecule has 0 unspecified atom stereocenters. The molecule has 0 aliphatic rings. The summed E-state index contributed by atoms with van der Waals surface area (Å²) in [6, 6.07) is 15.4. The number of hydrogen-bond acceptors (Lipinski definition) is 4. The van der Waals surface area contributed by atoms with Gasteiger partial charge >= 0.3 is 0 Å². The van der Waals surface area contributed by atoms with Gasteiger partial charge in [0.05, 0.1) is 22.3 Å². The van der Waals surface area contributed by atoms with Crippen LogP contribution in [0, 0.1) is 0 Å². The first-order valence-corrected chi connectivity index (χ1v) is 9.60. The standard InChI is InChI=1S/C20H22N4OS/c1-3-13(2)14-8-10-15(11-9-14)22-20(21)26-12-18-23-17-7-5-4-6-16(17)19(25)24-18/h4-11,13H,3,12H2,1-2H3,(H2,21,22)(H,23,24,25)/t13-/m0/s1. The molecule has 1 atom stereocenters. The minimum Gasteiger partial charge on any atom is -0.378 e. The van der Waals surface area contributed by atoms with Crippen molar-refractivity contribution in [3.8, 4) is 0 Å². The number of nitrogens with zero attached hydrogens (tertiary/aromatic N) is 2. The van der Waals surface area contributed by atoms with Crippen molar-refractivity contribution < 1.29 is 0 Å². The van der Waals surface area contributed by atoms with Gasteiger partial charge in [-0.15, -0.1) is 0 Å². The van der Waals surface area contributed by atoms with Crippen molar-refractivity contribution in [3.05, 3.63) is 70.3 Å². The number of aromatic nitrogens is 2. The molecule has 0 saturated carbocycles. The van der Waals surface area contributed by atoms with E-state index in [0.29, 0.717) is 33.6 Å². The second-order valence-corrected chi connectivity index (χ2v) is 7.16. The van der Waals surface area contributed by atoms with E-state index in [-0.39, 0.29) is 5.56 Å². The molecule has 2 aromatic carbocycles. The van der Waals surface area contributed by atoms with E-state index in [4.69, 9.17) is 5.73 Å². The molecular formula is C20H22N4OS. The van der Waals surface area contributed by atoms with Crippen LogP contribution in [-0.4, -0.2) is 15.1 Å². The van der Waals surface area contributed by atoms with Gasteiger partial charge in [0.25, 0.3) is 5.56 Å². The Kier molecular flexibility index (Phi) is 5.73. The Morgan fingerprint density at radius 1 is 1.23 bits per heavy atom. The number of H-pyrrole nitrogens is 1. The molecule has 0 spiro atoms. The Labute approximate surface area is 156 Å². The van der Waals surface area contributed by atoms with Gasteiger partial charge in [0.1, 0.15) is 5.82 Å². The molecule has 26 heavy (non-hydrogen) atoms. The van der Waals surface area contributed by atoms with Crippen molar-refractivity contribution in [3.63, 3.8) is 0 Å². The number of nitrogens with one attached hydrogen (secondary N) is 1. The van der Waals surface area contributed by atoms with Gasteiger partial charge in [-0.1, -0.05) is 49.9 Å². The van der Waals surface area contributed by atoms with Crippen LogP contribution in [-0.2, 0) is 5.75 Å². The molecule has 0 radical (unpaired) electrons. The zero-order chi connectivity index (χ0) is 18.5. The third kappa shape index (κ3) is 4.32. The largest absolute Gasteiger partial charge is 0.378 e. The second-order valence-electron chi connectivity index (χ2n) is 6.17. The highest BCUT2D eigenvalue weighted by Gasteiger charge is 2.05. The van der Waals surface area contributed by atoms with Crippen LogP contribution in [0.4, 0.5) is 5.69 Å². The summed E-state index contributed by atoms with van der Waals surface area (Å²) in [5.74, 6) is 1.58. The van der Waals surface area contributed by atoms with Gasteiger partial charge in [-0.05, 0) is 42.2 Å². The summed E-state index contributed by atoms with van der Waals surface area (Å²) < 4.78 is 0. The molecule has 0 amide bonds. The van der Waals surface area contributed by atoms with Crippen molar-refractivity contribution in [2.45, 2.75) is 31.9 Å². The van der Waals surface area contributed by atoms with Gasteiger partial charge in [-0.2, -0.15) is 0 Å². The number of fused-ring (bicyclic) bond motifs is 1. The SMILES string of the molecule is CC[C@H](C)c1ccc(N=C(N)SCc2nc3ccccc3c(=O)[nH]2)cc1. The van der Waals surface area contributed by atoms with Crippen LogP contribution < -0.4 is 11.3 Å². The van der Waals surface area contributed by atoms with Gasteiger partial charge < -0.3 is 10.7 Å². The summed E-state index contributed by atoms with van der Waals surface area (Å²) in [4.78, 5) is 23.8. The van der Waals surface area contributed by atoms with E-state index in [2.05, 4.69) is 40.9 Å². The molecule has 5 nitrogen and oxygen atoms in total. The Morgan fingerprint density at radius 2 is 1.96 bits per heavy atom. The summed E-state index contributed by atoms with van der Waals surface area (Å²) in [6.07, 6.45) is 1.11. The summed E-state index contributed by atoms with van der Waals surface area (Å²) in [7, 11) is 0. The lowest BCUT2D eigenvalue weighted by molar-refractivity contribution is 0.734. The molecule has 3 N–H and O–H groups in total. The molecule has 3 aromatic rings. The fourth-order valence-corrected chi connectivity index (χ4v) is 3.21. The minimum atomic E-state index is -0.137. The molecule has 0 fully saturated rings. The van der Waals surface area contributed by atoms with Gasteiger partial charge in [-0.25, -0.2) is 9.98 Å². The first-order valence-electron chi connectivity index (χ1n) is 8.61. The Hall–Kier alpha value is -2.60. The summed E-state index contributed by atoms with van der Waals surface area (Å²) >= 11 is 1.35.